The average Bonchev–Trinajstić information content (AvgIpc) is 2.91. The molecule has 2 N–H and O–H groups in total. The van der Waals surface area contributed by atoms with Crippen LogP contribution in [0.15, 0.2) is 30.3 Å². The molecule has 1 unspecified atom stereocenters. The number of amides is 4. The minimum Gasteiger partial charge on any atom is -0.348 e. The highest BCUT2D eigenvalue weighted by molar-refractivity contribution is 6.09. The molecule has 1 aromatic rings. The predicted octanol–water partition coefficient (Wildman–Crippen LogP) is 4.42. The Labute approximate surface area is 186 Å². The fourth-order valence-electron chi connectivity index (χ4n) is 4.95. The quantitative estimate of drug-likeness (QED) is 0.660. The van der Waals surface area contributed by atoms with Gasteiger partial charge in [0.1, 0.15) is 12.1 Å². The number of benzene rings is 1. The van der Waals surface area contributed by atoms with Gasteiger partial charge >= 0.3 is 6.03 Å². The molecule has 0 bridgehead atoms. The van der Waals surface area contributed by atoms with E-state index in [2.05, 4.69) is 45.3 Å². The lowest BCUT2D eigenvalue weighted by Gasteiger charge is -2.40. The van der Waals surface area contributed by atoms with Crippen molar-refractivity contribution in [2.75, 3.05) is 6.54 Å². The fourth-order valence-corrected chi connectivity index (χ4v) is 4.95. The van der Waals surface area contributed by atoms with Crippen LogP contribution >= 0.6 is 0 Å². The van der Waals surface area contributed by atoms with E-state index in [1.165, 1.54) is 0 Å². The van der Waals surface area contributed by atoms with Crippen molar-refractivity contribution < 1.29 is 14.4 Å². The van der Waals surface area contributed by atoms with Crippen molar-refractivity contribution in [1.82, 2.24) is 15.5 Å². The highest BCUT2D eigenvalue weighted by atomic mass is 16.2. The molecule has 1 aromatic carbocycles. The van der Waals surface area contributed by atoms with Gasteiger partial charge in [-0.05, 0) is 54.9 Å². The first-order valence-electron chi connectivity index (χ1n) is 11.5. The Bertz CT molecular complexity index is 805. The number of urea groups is 1. The van der Waals surface area contributed by atoms with Crippen molar-refractivity contribution in [3.05, 3.63) is 35.9 Å². The molecule has 3 rings (SSSR count). The summed E-state index contributed by atoms with van der Waals surface area (Å²) in [5, 5.41) is 5.96. The van der Waals surface area contributed by atoms with Gasteiger partial charge in [0.15, 0.2) is 0 Å². The molecule has 31 heavy (non-hydrogen) atoms. The van der Waals surface area contributed by atoms with Crippen LogP contribution in [0.1, 0.15) is 78.3 Å². The molecule has 4 amide bonds. The van der Waals surface area contributed by atoms with E-state index in [0.29, 0.717) is 24.7 Å². The zero-order chi connectivity index (χ0) is 22.8. The van der Waals surface area contributed by atoms with Crippen LogP contribution in [0.2, 0.25) is 0 Å². The molecule has 6 nitrogen and oxygen atoms in total. The molecule has 1 heterocycles. The average molecular weight is 428 g/mol. The van der Waals surface area contributed by atoms with E-state index in [4.69, 9.17) is 0 Å². The number of hydrogen-bond donors (Lipinski definition) is 2. The molecule has 170 valence electrons. The summed E-state index contributed by atoms with van der Waals surface area (Å²) >= 11 is 0. The van der Waals surface area contributed by atoms with E-state index in [0.717, 1.165) is 29.7 Å². The van der Waals surface area contributed by atoms with E-state index < -0.39 is 11.6 Å². The van der Waals surface area contributed by atoms with Gasteiger partial charge in [0, 0.05) is 0 Å². The lowest BCUT2D eigenvalue weighted by molar-refractivity contribution is -0.136. The smallest absolute Gasteiger partial charge is 0.325 e. The minimum absolute atomic E-state index is 0.148. The molecule has 1 atom stereocenters. The van der Waals surface area contributed by atoms with E-state index >= 15 is 0 Å². The van der Waals surface area contributed by atoms with Gasteiger partial charge in [-0.25, -0.2) is 4.79 Å². The van der Waals surface area contributed by atoms with Gasteiger partial charge in [-0.15, -0.1) is 0 Å². The molecule has 1 saturated heterocycles. The Morgan fingerprint density at radius 2 is 1.77 bits per heavy atom. The third kappa shape index (κ3) is 5.28. The van der Waals surface area contributed by atoms with E-state index in [9.17, 15) is 14.4 Å². The summed E-state index contributed by atoms with van der Waals surface area (Å²) in [5.41, 5.74) is 0.379. The summed E-state index contributed by atoms with van der Waals surface area (Å²) in [4.78, 5) is 39.7. The molecule has 6 heteroatoms. The summed E-state index contributed by atoms with van der Waals surface area (Å²) in [6, 6.07) is 9.22. The zero-order valence-electron chi connectivity index (χ0n) is 19.5. The van der Waals surface area contributed by atoms with Crippen LogP contribution in [0.5, 0.6) is 0 Å². The Balaban J connectivity index is 1.65. The first kappa shape index (κ1) is 23.3. The molecular formula is C25H37N3O3. The molecule has 2 fully saturated rings. The van der Waals surface area contributed by atoms with Crippen molar-refractivity contribution in [3.63, 3.8) is 0 Å². The van der Waals surface area contributed by atoms with E-state index in [1.807, 2.05) is 30.3 Å². The van der Waals surface area contributed by atoms with Gasteiger partial charge in [0.05, 0.1) is 6.04 Å². The number of carbonyl (C=O) groups is 3. The molecule has 1 aliphatic heterocycles. The number of imide groups is 1. The Hall–Kier alpha value is -2.37. The third-order valence-corrected chi connectivity index (χ3v) is 6.86. The normalized spacial score (nSPS) is 25.1. The molecule has 1 spiro atoms. The number of carbonyl (C=O) groups excluding carboxylic acids is 3. The maximum atomic E-state index is 13.2. The van der Waals surface area contributed by atoms with Gasteiger partial charge in [-0.3, -0.25) is 14.5 Å². The second-order valence-corrected chi connectivity index (χ2v) is 10.7. The second kappa shape index (κ2) is 9.01. The standard InChI is InChI=1S/C25H37N3O3/c1-17(2)15-20(18-9-7-6-8-10-18)26-21(29)16-28-22(30)25(27-23(28)31)13-11-19(12-14-25)24(3,4)5/h6-10,17,19-20H,11-16H2,1-5H3,(H,26,29)(H,27,31). The lowest BCUT2D eigenvalue weighted by Crippen LogP contribution is -2.51. The van der Waals surface area contributed by atoms with Crippen LogP contribution in [-0.2, 0) is 9.59 Å². The number of nitrogens with zero attached hydrogens (tertiary/aromatic N) is 1. The number of hydrogen-bond acceptors (Lipinski definition) is 3. The van der Waals surface area contributed by atoms with Crippen LogP contribution in [0.25, 0.3) is 0 Å². The maximum Gasteiger partial charge on any atom is 0.325 e. The number of nitrogens with one attached hydrogen (secondary N) is 2. The Morgan fingerprint density at radius 3 is 2.32 bits per heavy atom. The summed E-state index contributed by atoms with van der Waals surface area (Å²) in [7, 11) is 0. The van der Waals surface area contributed by atoms with Crippen LogP contribution in [0, 0.1) is 17.3 Å². The molecule has 0 aromatic heterocycles. The fraction of sp³-hybridized carbons (Fsp3) is 0.640. The van der Waals surface area contributed by atoms with Crippen molar-refractivity contribution >= 4 is 17.8 Å². The summed E-state index contributed by atoms with van der Waals surface area (Å²) in [6.07, 6.45) is 3.86. The second-order valence-electron chi connectivity index (χ2n) is 10.7. The largest absolute Gasteiger partial charge is 0.348 e. The van der Waals surface area contributed by atoms with E-state index in [-0.39, 0.29) is 29.8 Å². The van der Waals surface area contributed by atoms with E-state index in [1.54, 1.807) is 0 Å². The van der Waals surface area contributed by atoms with Crippen LogP contribution < -0.4 is 10.6 Å². The third-order valence-electron chi connectivity index (χ3n) is 6.86. The first-order valence-corrected chi connectivity index (χ1v) is 11.5. The monoisotopic (exact) mass is 427 g/mol. The lowest BCUT2D eigenvalue weighted by atomic mass is 9.67. The van der Waals surface area contributed by atoms with Crippen molar-refractivity contribution in [2.24, 2.45) is 17.3 Å². The molecule has 1 aliphatic carbocycles. The molecule has 0 radical (unpaired) electrons. The Morgan fingerprint density at radius 1 is 1.16 bits per heavy atom. The van der Waals surface area contributed by atoms with Crippen molar-refractivity contribution in [3.8, 4) is 0 Å². The molecular weight excluding hydrogens is 390 g/mol. The summed E-state index contributed by atoms with van der Waals surface area (Å²) in [6.45, 7) is 10.6. The summed E-state index contributed by atoms with van der Waals surface area (Å²) < 4.78 is 0. The van der Waals surface area contributed by atoms with Crippen LogP contribution in [0.4, 0.5) is 4.79 Å². The zero-order valence-corrected chi connectivity index (χ0v) is 19.5. The maximum absolute atomic E-state index is 13.2. The van der Waals surface area contributed by atoms with Crippen LogP contribution in [-0.4, -0.2) is 34.8 Å². The first-order chi connectivity index (χ1) is 14.5. The summed E-state index contributed by atoms with van der Waals surface area (Å²) in [5.74, 6) is 0.366. The van der Waals surface area contributed by atoms with Crippen molar-refractivity contribution in [2.45, 2.75) is 78.3 Å². The molecule has 1 saturated carbocycles. The Kier molecular flexibility index (Phi) is 6.77. The minimum atomic E-state index is -0.837. The van der Waals surface area contributed by atoms with Crippen LogP contribution in [0.3, 0.4) is 0 Å². The van der Waals surface area contributed by atoms with Gasteiger partial charge in [-0.2, -0.15) is 0 Å². The highest BCUT2D eigenvalue weighted by Gasteiger charge is 2.53. The highest BCUT2D eigenvalue weighted by Crippen LogP contribution is 2.43. The molecule has 2 aliphatic rings. The van der Waals surface area contributed by atoms with Gasteiger partial charge in [0.2, 0.25) is 5.91 Å². The predicted molar refractivity (Wildman–Crippen MR) is 121 cm³/mol. The van der Waals surface area contributed by atoms with Gasteiger partial charge < -0.3 is 10.6 Å². The SMILES string of the molecule is CC(C)CC(NC(=O)CN1C(=O)NC2(CCC(C(C)(C)C)CC2)C1=O)c1ccccc1. The van der Waals surface area contributed by atoms with Gasteiger partial charge in [0.25, 0.3) is 5.91 Å². The van der Waals surface area contributed by atoms with Gasteiger partial charge in [-0.1, -0.05) is 65.0 Å². The van der Waals surface area contributed by atoms with Crippen molar-refractivity contribution in [1.29, 1.82) is 0 Å². The topological polar surface area (TPSA) is 78.5 Å². The number of rotatable bonds is 6.